The number of halogens is 1. The van der Waals surface area contributed by atoms with Crippen molar-refractivity contribution in [1.82, 2.24) is 10.6 Å². The third-order valence-electron chi connectivity index (χ3n) is 3.69. The first-order chi connectivity index (χ1) is 12.1. The summed E-state index contributed by atoms with van der Waals surface area (Å²) in [5.74, 6) is -0.475. The van der Waals surface area contributed by atoms with Crippen molar-refractivity contribution in [3.63, 3.8) is 0 Å². The third kappa shape index (κ3) is 6.47. The predicted molar refractivity (Wildman–Crippen MR) is 97.6 cm³/mol. The molecule has 0 unspecified atom stereocenters. The van der Waals surface area contributed by atoms with Crippen molar-refractivity contribution in [1.29, 1.82) is 0 Å². The van der Waals surface area contributed by atoms with E-state index in [1.54, 1.807) is 0 Å². The molecule has 2 N–H and O–H groups in total. The Balaban J connectivity index is 1.84. The van der Waals surface area contributed by atoms with E-state index in [0.29, 0.717) is 24.4 Å². The van der Waals surface area contributed by atoms with Gasteiger partial charge in [-0.25, -0.2) is 9.59 Å². The largest absolute Gasteiger partial charge is 0.467 e. The van der Waals surface area contributed by atoms with Crippen LogP contribution in [0.3, 0.4) is 0 Å². The highest BCUT2D eigenvalue weighted by molar-refractivity contribution is 6.30. The van der Waals surface area contributed by atoms with E-state index in [1.165, 1.54) is 7.11 Å². The molecular weight excluding hydrogens is 340 g/mol. The van der Waals surface area contributed by atoms with Gasteiger partial charge in [0.2, 0.25) is 0 Å². The molecule has 25 heavy (non-hydrogen) atoms. The highest BCUT2D eigenvalue weighted by Crippen LogP contribution is 2.09. The predicted octanol–water partition coefficient (Wildman–Crippen LogP) is 2.97. The number of rotatable bonds is 7. The quantitative estimate of drug-likeness (QED) is 0.746. The lowest BCUT2D eigenvalue weighted by Gasteiger charge is -2.17. The van der Waals surface area contributed by atoms with E-state index in [-0.39, 0.29) is 0 Å². The summed E-state index contributed by atoms with van der Waals surface area (Å²) in [4.78, 5) is 24.0. The van der Waals surface area contributed by atoms with E-state index >= 15 is 0 Å². The maximum absolute atomic E-state index is 12.1. The number of urea groups is 1. The number of methoxy groups -OCH3 is 1. The van der Waals surface area contributed by atoms with Gasteiger partial charge in [0.25, 0.3) is 0 Å². The lowest BCUT2D eigenvalue weighted by Crippen LogP contribution is -2.48. The molecule has 0 spiro atoms. The van der Waals surface area contributed by atoms with Crippen molar-refractivity contribution in [2.24, 2.45) is 0 Å². The lowest BCUT2D eigenvalue weighted by molar-refractivity contribution is -0.142. The van der Waals surface area contributed by atoms with Crippen LogP contribution in [0.5, 0.6) is 0 Å². The molecule has 0 saturated carbocycles. The molecule has 132 valence electrons. The Bertz CT molecular complexity index is 690. The van der Waals surface area contributed by atoms with Crippen molar-refractivity contribution in [2.75, 3.05) is 13.7 Å². The lowest BCUT2D eigenvalue weighted by atomic mass is 10.1. The average Bonchev–Trinajstić information content (AvgIpc) is 2.63. The van der Waals surface area contributed by atoms with Crippen LogP contribution in [0.4, 0.5) is 4.79 Å². The van der Waals surface area contributed by atoms with Crippen LogP contribution in [0, 0.1) is 0 Å². The fourth-order valence-corrected chi connectivity index (χ4v) is 2.49. The van der Waals surface area contributed by atoms with Gasteiger partial charge >= 0.3 is 12.0 Å². The smallest absolute Gasteiger partial charge is 0.328 e. The van der Waals surface area contributed by atoms with Crippen LogP contribution in [0.15, 0.2) is 54.6 Å². The molecule has 0 aliphatic rings. The minimum atomic E-state index is -0.733. The molecule has 0 aliphatic heterocycles. The standard InChI is InChI=1S/C19H21ClN2O3/c1-25-18(23)17(13-15-5-3-2-4-6-15)22-19(24)21-12-11-14-7-9-16(20)10-8-14/h2-10,17H,11-13H2,1H3,(H2,21,22,24)/t17-/m0/s1. The minimum Gasteiger partial charge on any atom is -0.467 e. The normalized spacial score (nSPS) is 11.4. The molecule has 0 aliphatic carbocycles. The van der Waals surface area contributed by atoms with Gasteiger partial charge in [-0.15, -0.1) is 0 Å². The zero-order chi connectivity index (χ0) is 18.1. The molecule has 0 fully saturated rings. The maximum atomic E-state index is 12.1. The fourth-order valence-electron chi connectivity index (χ4n) is 2.37. The van der Waals surface area contributed by atoms with E-state index in [4.69, 9.17) is 16.3 Å². The summed E-state index contributed by atoms with van der Waals surface area (Å²) in [5.41, 5.74) is 2.01. The topological polar surface area (TPSA) is 67.4 Å². The Morgan fingerprint density at radius 2 is 1.72 bits per heavy atom. The van der Waals surface area contributed by atoms with Gasteiger partial charge in [-0.2, -0.15) is 0 Å². The van der Waals surface area contributed by atoms with E-state index in [2.05, 4.69) is 10.6 Å². The Morgan fingerprint density at radius 1 is 1.04 bits per heavy atom. The van der Waals surface area contributed by atoms with E-state index < -0.39 is 18.0 Å². The molecule has 5 nitrogen and oxygen atoms in total. The summed E-state index contributed by atoms with van der Waals surface area (Å²) in [6, 6.07) is 15.8. The van der Waals surface area contributed by atoms with Gasteiger partial charge in [0, 0.05) is 18.0 Å². The summed E-state index contributed by atoms with van der Waals surface area (Å²) in [7, 11) is 1.31. The van der Waals surface area contributed by atoms with Gasteiger partial charge < -0.3 is 15.4 Å². The van der Waals surface area contributed by atoms with Crippen LogP contribution in [-0.2, 0) is 22.4 Å². The van der Waals surface area contributed by atoms with Crippen molar-refractivity contribution in [3.05, 3.63) is 70.7 Å². The molecule has 6 heteroatoms. The van der Waals surface area contributed by atoms with Crippen molar-refractivity contribution in [3.8, 4) is 0 Å². The number of hydrogen-bond donors (Lipinski definition) is 2. The molecule has 2 aromatic rings. The number of nitrogens with one attached hydrogen (secondary N) is 2. The number of benzene rings is 2. The number of amides is 2. The van der Waals surface area contributed by atoms with E-state index in [1.807, 2.05) is 54.6 Å². The Hall–Kier alpha value is -2.53. The zero-order valence-electron chi connectivity index (χ0n) is 14.0. The Kier molecular flexibility index (Phi) is 7.29. The van der Waals surface area contributed by atoms with Gasteiger partial charge in [0.1, 0.15) is 6.04 Å². The number of hydrogen-bond acceptors (Lipinski definition) is 3. The third-order valence-corrected chi connectivity index (χ3v) is 3.94. The second kappa shape index (κ2) is 9.69. The summed E-state index contributed by atoms with van der Waals surface area (Å²) < 4.78 is 4.78. The van der Waals surface area contributed by atoms with E-state index in [0.717, 1.165) is 11.1 Å². The molecular formula is C19H21ClN2O3. The second-order valence-corrected chi connectivity index (χ2v) is 5.98. The van der Waals surface area contributed by atoms with Crippen LogP contribution < -0.4 is 10.6 Å². The highest BCUT2D eigenvalue weighted by atomic mass is 35.5. The zero-order valence-corrected chi connectivity index (χ0v) is 14.8. The summed E-state index contributed by atoms with van der Waals surface area (Å²) >= 11 is 5.84. The van der Waals surface area contributed by atoms with Crippen LogP contribution in [-0.4, -0.2) is 31.7 Å². The van der Waals surface area contributed by atoms with Crippen LogP contribution in [0.25, 0.3) is 0 Å². The molecule has 2 rings (SSSR count). The molecule has 0 radical (unpaired) electrons. The van der Waals surface area contributed by atoms with Gasteiger partial charge in [0.15, 0.2) is 0 Å². The Labute approximate surface area is 152 Å². The maximum Gasteiger partial charge on any atom is 0.328 e. The first kappa shape index (κ1) is 18.8. The van der Waals surface area contributed by atoms with Crippen molar-refractivity contribution in [2.45, 2.75) is 18.9 Å². The first-order valence-electron chi connectivity index (χ1n) is 7.99. The summed E-state index contributed by atoms with van der Waals surface area (Å²) in [6.45, 7) is 0.451. The monoisotopic (exact) mass is 360 g/mol. The van der Waals surface area contributed by atoms with Gasteiger partial charge in [0.05, 0.1) is 7.11 Å². The van der Waals surface area contributed by atoms with Gasteiger partial charge in [-0.3, -0.25) is 0 Å². The van der Waals surface area contributed by atoms with Crippen LogP contribution >= 0.6 is 11.6 Å². The second-order valence-electron chi connectivity index (χ2n) is 5.54. The summed E-state index contributed by atoms with van der Waals surface area (Å²) in [5, 5.41) is 6.09. The SMILES string of the molecule is COC(=O)[C@H](Cc1ccccc1)NC(=O)NCCc1ccc(Cl)cc1. The summed E-state index contributed by atoms with van der Waals surface area (Å²) in [6.07, 6.45) is 1.05. The first-order valence-corrected chi connectivity index (χ1v) is 8.37. The molecule has 0 bridgehead atoms. The Morgan fingerprint density at radius 3 is 2.36 bits per heavy atom. The van der Waals surface area contributed by atoms with E-state index in [9.17, 15) is 9.59 Å². The number of esters is 1. The molecule has 0 aromatic heterocycles. The minimum absolute atomic E-state index is 0.373. The van der Waals surface area contributed by atoms with Gasteiger partial charge in [-0.05, 0) is 29.7 Å². The molecule has 2 aromatic carbocycles. The highest BCUT2D eigenvalue weighted by Gasteiger charge is 2.21. The van der Waals surface area contributed by atoms with Crippen molar-refractivity contribution >= 4 is 23.6 Å². The number of carbonyl (C=O) groups excluding carboxylic acids is 2. The van der Waals surface area contributed by atoms with Crippen molar-refractivity contribution < 1.29 is 14.3 Å². The van der Waals surface area contributed by atoms with Crippen LogP contribution in [0.2, 0.25) is 5.02 Å². The fraction of sp³-hybridized carbons (Fsp3) is 0.263. The van der Waals surface area contributed by atoms with Crippen LogP contribution in [0.1, 0.15) is 11.1 Å². The molecule has 0 saturated heterocycles. The molecule has 0 heterocycles. The number of carbonyl (C=O) groups is 2. The number of ether oxygens (including phenoxy) is 1. The van der Waals surface area contributed by atoms with Gasteiger partial charge in [-0.1, -0.05) is 54.1 Å². The average molecular weight is 361 g/mol. The molecule has 2 amide bonds. The molecule has 1 atom stereocenters.